The molecule has 0 aliphatic heterocycles. The Labute approximate surface area is 127 Å². The van der Waals surface area contributed by atoms with E-state index in [-0.39, 0.29) is 10.8 Å². The lowest BCUT2D eigenvalue weighted by Crippen LogP contribution is -2.05. The Bertz CT molecular complexity index is 855. The lowest BCUT2D eigenvalue weighted by Gasteiger charge is -2.10. The third-order valence-electron chi connectivity index (χ3n) is 3.55. The average Bonchev–Trinajstić information content (AvgIpc) is 2.49. The second kappa shape index (κ2) is 5.30. The predicted octanol–water partition coefficient (Wildman–Crippen LogP) is 5.17. The zero-order chi connectivity index (χ0) is 15.0. The molecule has 0 atom stereocenters. The van der Waals surface area contributed by atoms with Gasteiger partial charge in [0.1, 0.15) is 5.82 Å². The number of benzene rings is 3. The van der Waals surface area contributed by atoms with Crippen molar-refractivity contribution < 1.29 is 9.18 Å². The first-order chi connectivity index (χ1) is 10.1. The molecule has 0 aliphatic rings. The van der Waals surface area contributed by atoms with Crippen molar-refractivity contribution >= 4 is 28.2 Å². The van der Waals surface area contributed by atoms with Crippen LogP contribution >= 0.6 is 11.6 Å². The van der Waals surface area contributed by atoms with Gasteiger partial charge in [-0.2, -0.15) is 0 Å². The summed E-state index contributed by atoms with van der Waals surface area (Å²) in [5.74, 6) is -0.778. The summed E-state index contributed by atoms with van der Waals surface area (Å²) < 4.78 is 13.6. The third kappa shape index (κ3) is 2.43. The van der Waals surface area contributed by atoms with E-state index >= 15 is 0 Å². The van der Waals surface area contributed by atoms with Crippen molar-refractivity contribution in [3.8, 4) is 0 Å². The van der Waals surface area contributed by atoms with Gasteiger partial charge >= 0.3 is 0 Å². The monoisotopic (exact) mass is 298 g/mol. The summed E-state index contributed by atoms with van der Waals surface area (Å²) in [6.45, 7) is 1.88. The van der Waals surface area contributed by atoms with Gasteiger partial charge in [0.05, 0.1) is 5.02 Å². The van der Waals surface area contributed by atoms with Crippen molar-refractivity contribution in [1.29, 1.82) is 0 Å². The highest BCUT2D eigenvalue weighted by Crippen LogP contribution is 2.26. The molecule has 0 unspecified atom stereocenters. The second-order valence-corrected chi connectivity index (χ2v) is 5.34. The summed E-state index contributed by atoms with van der Waals surface area (Å²) >= 11 is 5.67. The molecular weight excluding hydrogens is 287 g/mol. The van der Waals surface area contributed by atoms with Crippen LogP contribution in [-0.2, 0) is 0 Å². The molecule has 0 fully saturated rings. The van der Waals surface area contributed by atoms with Gasteiger partial charge in [0.25, 0.3) is 0 Å². The first-order valence-electron chi connectivity index (χ1n) is 6.56. The Morgan fingerprint density at radius 2 is 1.81 bits per heavy atom. The van der Waals surface area contributed by atoms with Crippen LogP contribution in [-0.4, -0.2) is 5.78 Å². The molecule has 0 saturated carbocycles. The minimum Gasteiger partial charge on any atom is -0.289 e. The van der Waals surface area contributed by atoms with E-state index in [4.69, 9.17) is 11.6 Å². The smallest absolute Gasteiger partial charge is 0.194 e. The van der Waals surface area contributed by atoms with Gasteiger partial charge in [-0.25, -0.2) is 4.39 Å². The molecule has 0 heterocycles. The van der Waals surface area contributed by atoms with Crippen molar-refractivity contribution in [3.63, 3.8) is 0 Å². The molecular formula is C18H12ClFO. The summed E-state index contributed by atoms with van der Waals surface area (Å²) in [6.07, 6.45) is 0. The summed E-state index contributed by atoms with van der Waals surface area (Å²) in [7, 11) is 0. The SMILES string of the molecule is Cc1ccc2ccccc2c1C(=O)c1ccc(Cl)c(F)c1. The van der Waals surface area contributed by atoms with E-state index in [2.05, 4.69) is 0 Å². The summed E-state index contributed by atoms with van der Waals surface area (Å²) in [6, 6.07) is 15.7. The highest BCUT2D eigenvalue weighted by Gasteiger charge is 2.16. The molecule has 1 nitrogen and oxygen atoms in total. The molecule has 0 radical (unpaired) electrons. The molecule has 0 aromatic heterocycles. The highest BCUT2D eigenvalue weighted by atomic mass is 35.5. The molecule has 3 heteroatoms. The van der Waals surface area contributed by atoms with E-state index in [1.807, 2.05) is 43.3 Å². The van der Waals surface area contributed by atoms with Gasteiger partial charge in [0.2, 0.25) is 0 Å². The number of carbonyl (C=O) groups is 1. The molecule has 0 amide bonds. The van der Waals surface area contributed by atoms with Gasteiger partial charge in [0.15, 0.2) is 5.78 Å². The number of carbonyl (C=O) groups excluding carboxylic acids is 1. The minimum absolute atomic E-state index is 0.0150. The topological polar surface area (TPSA) is 17.1 Å². The zero-order valence-electron chi connectivity index (χ0n) is 11.4. The molecule has 0 N–H and O–H groups in total. The van der Waals surface area contributed by atoms with Crippen molar-refractivity contribution in [3.05, 3.63) is 82.1 Å². The van der Waals surface area contributed by atoms with E-state index in [0.29, 0.717) is 11.1 Å². The van der Waals surface area contributed by atoms with E-state index in [0.717, 1.165) is 16.3 Å². The maximum absolute atomic E-state index is 13.6. The lowest BCUT2D eigenvalue weighted by molar-refractivity contribution is 0.103. The van der Waals surface area contributed by atoms with Gasteiger partial charge in [-0.05, 0) is 41.5 Å². The van der Waals surface area contributed by atoms with Crippen LogP contribution in [0.2, 0.25) is 5.02 Å². The van der Waals surface area contributed by atoms with Crippen molar-refractivity contribution in [1.82, 2.24) is 0 Å². The average molecular weight is 299 g/mol. The fraction of sp³-hybridized carbons (Fsp3) is 0.0556. The lowest BCUT2D eigenvalue weighted by atomic mass is 9.93. The Kier molecular flexibility index (Phi) is 3.48. The molecule has 3 aromatic carbocycles. The third-order valence-corrected chi connectivity index (χ3v) is 3.85. The molecule has 3 rings (SSSR count). The van der Waals surface area contributed by atoms with Crippen LogP contribution in [0.1, 0.15) is 21.5 Å². The van der Waals surface area contributed by atoms with Crippen LogP contribution in [0.5, 0.6) is 0 Å². The van der Waals surface area contributed by atoms with Gasteiger partial charge in [-0.1, -0.05) is 48.0 Å². The predicted molar refractivity (Wildman–Crippen MR) is 83.5 cm³/mol. The van der Waals surface area contributed by atoms with Crippen molar-refractivity contribution in [2.75, 3.05) is 0 Å². The largest absolute Gasteiger partial charge is 0.289 e. The molecule has 21 heavy (non-hydrogen) atoms. The fourth-order valence-electron chi connectivity index (χ4n) is 2.46. The van der Waals surface area contributed by atoms with Crippen molar-refractivity contribution in [2.45, 2.75) is 6.92 Å². The van der Waals surface area contributed by atoms with E-state index in [1.165, 1.54) is 12.1 Å². The molecule has 0 saturated heterocycles. The summed E-state index contributed by atoms with van der Waals surface area (Å²) in [5.41, 5.74) is 1.78. The van der Waals surface area contributed by atoms with Crippen LogP contribution in [0.4, 0.5) is 4.39 Å². The van der Waals surface area contributed by atoms with Crippen LogP contribution in [0, 0.1) is 12.7 Å². The standard InChI is InChI=1S/C18H12ClFO/c1-11-6-7-12-4-2-3-5-14(12)17(11)18(21)13-8-9-15(19)16(20)10-13/h2-10H,1H3. The maximum Gasteiger partial charge on any atom is 0.194 e. The Balaban J connectivity index is 2.21. The number of rotatable bonds is 2. The van der Waals surface area contributed by atoms with E-state index in [1.54, 1.807) is 6.07 Å². The normalized spacial score (nSPS) is 10.8. The Morgan fingerprint density at radius 1 is 1.05 bits per heavy atom. The van der Waals surface area contributed by atoms with Crippen LogP contribution in [0.25, 0.3) is 10.8 Å². The first kappa shape index (κ1) is 13.8. The number of hydrogen-bond acceptors (Lipinski definition) is 1. The molecule has 104 valence electrons. The van der Waals surface area contributed by atoms with Gasteiger partial charge in [0, 0.05) is 11.1 Å². The molecule has 0 spiro atoms. The van der Waals surface area contributed by atoms with Gasteiger partial charge in [-0.3, -0.25) is 4.79 Å². The van der Waals surface area contributed by atoms with Crippen LogP contribution in [0.15, 0.2) is 54.6 Å². The fourth-order valence-corrected chi connectivity index (χ4v) is 2.58. The maximum atomic E-state index is 13.6. The summed E-state index contributed by atoms with van der Waals surface area (Å²) in [4.78, 5) is 12.7. The Morgan fingerprint density at radius 3 is 2.57 bits per heavy atom. The number of fused-ring (bicyclic) bond motifs is 1. The number of halogens is 2. The molecule has 0 bridgehead atoms. The number of aryl methyl sites for hydroxylation is 1. The number of hydrogen-bond donors (Lipinski definition) is 0. The number of ketones is 1. The molecule has 3 aromatic rings. The van der Waals surface area contributed by atoms with Crippen molar-refractivity contribution in [2.24, 2.45) is 0 Å². The Hall–Kier alpha value is -2.19. The second-order valence-electron chi connectivity index (χ2n) is 4.94. The van der Waals surface area contributed by atoms with Crippen LogP contribution < -0.4 is 0 Å². The minimum atomic E-state index is -0.583. The van der Waals surface area contributed by atoms with E-state index < -0.39 is 5.82 Å². The zero-order valence-corrected chi connectivity index (χ0v) is 12.1. The highest BCUT2D eigenvalue weighted by molar-refractivity contribution is 6.31. The van der Waals surface area contributed by atoms with Crippen LogP contribution in [0.3, 0.4) is 0 Å². The summed E-state index contributed by atoms with van der Waals surface area (Å²) in [5, 5.41) is 1.87. The van der Waals surface area contributed by atoms with E-state index in [9.17, 15) is 9.18 Å². The first-order valence-corrected chi connectivity index (χ1v) is 6.94. The van der Waals surface area contributed by atoms with Gasteiger partial charge < -0.3 is 0 Å². The quantitative estimate of drug-likeness (QED) is 0.596. The molecule has 0 aliphatic carbocycles. The van der Waals surface area contributed by atoms with Gasteiger partial charge in [-0.15, -0.1) is 0 Å².